The summed E-state index contributed by atoms with van der Waals surface area (Å²) in [5.41, 5.74) is 0. The summed E-state index contributed by atoms with van der Waals surface area (Å²) in [6.07, 6.45) is -3.46. The molecule has 6 heteroatoms. The minimum atomic E-state index is -0.967. The molecule has 94 valence electrons. The Bertz CT molecular complexity index is 243. The van der Waals surface area contributed by atoms with E-state index in [0.29, 0.717) is 0 Å². The van der Waals surface area contributed by atoms with E-state index in [9.17, 15) is 15.0 Å². The zero-order valence-electron chi connectivity index (χ0n) is 9.37. The maximum Gasteiger partial charge on any atom is 0.305 e. The van der Waals surface area contributed by atoms with E-state index in [4.69, 9.17) is 14.6 Å². The first-order chi connectivity index (χ1) is 7.40. The molecule has 1 aliphatic rings. The number of ether oxygens (including phenoxy) is 2. The largest absolute Gasteiger partial charge is 0.481 e. The smallest absolute Gasteiger partial charge is 0.305 e. The number of hydrogen-bond acceptors (Lipinski definition) is 5. The van der Waals surface area contributed by atoms with Gasteiger partial charge in [-0.15, -0.1) is 0 Å². The van der Waals surface area contributed by atoms with Crippen LogP contribution in [0.1, 0.15) is 26.7 Å². The second-order valence-electron chi connectivity index (χ2n) is 4.12. The zero-order valence-corrected chi connectivity index (χ0v) is 9.37. The van der Waals surface area contributed by atoms with E-state index in [1.165, 1.54) is 0 Å². The van der Waals surface area contributed by atoms with Crippen LogP contribution in [0.25, 0.3) is 0 Å². The number of aliphatic hydroxyl groups is 2. The van der Waals surface area contributed by atoms with Crippen molar-refractivity contribution in [2.75, 3.05) is 0 Å². The average molecular weight is 234 g/mol. The fraction of sp³-hybridized carbons (Fsp3) is 0.900. The molecule has 16 heavy (non-hydrogen) atoms. The highest BCUT2D eigenvalue weighted by Gasteiger charge is 2.35. The molecular weight excluding hydrogens is 216 g/mol. The summed E-state index contributed by atoms with van der Waals surface area (Å²) < 4.78 is 10.5. The lowest BCUT2D eigenvalue weighted by molar-refractivity contribution is -0.273. The molecule has 1 rings (SSSR count). The van der Waals surface area contributed by atoms with Gasteiger partial charge in [0.25, 0.3) is 0 Å². The van der Waals surface area contributed by atoms with Gasteiger partial charge < -0.3 is 24.8 Å². The van der Waals surface area contributed by atoms with Crippen LogP contribution in [0.15, 0.2) is 0 Å². The van der Waals surface area contributed by atoms with Gasteiger partial charge in [-0.1, -0.05) is 0 Å². The molecule has 0 amide bonds. The molecule has 1 aliphatic heterocycles. The van der Waals surface area contributed by atoms with Gasteiger partial charge in [0, 0.05) is 6.42 Å². The summed E-state index contributed by atoms with van der Waals surface area (Å²) in [4.78, 5) is 10.4. The molecule has 0 aliphatic carbocycles. The number of carboxylic acid groups (broad SMARTS) is 1. The van der Waals surface area contributed by atoms with Crippen molar-refractivity contribution in [1.29, 1.82) is 0 Å². The third kappa shape index (κ3) is 3.71. The summed E-state index contributed by atoms with van der Waals surface area (Å²) in [7, 11) is 0. The van der Waals surface area contributed by atoms with E-state index in [0.717, 1.165) is 0 Å². The standard InChI is InChI=1S/C10H18O6/c1-5(3-9(13)14)15-10-8(12)4-7(11)6(2)16-10/h5-8,10-12H,3-4H2,1-2H3,(H,13,14). The number of aliphatic carboxylic acids is 1. The summed E-state index contributed by atoms with van der Waals surface area (Å²) in [6.45, 7) is 3.27. The van der Waals surface area contributed by atoms with Crippen LogP contribution in [-0.4, -0.2) is 52.0 Å². The quantitative estimate of drug-likeness (QED) is 0.619. The highest BCUT2D eigenvalue weighted by molar-refractivity contribution is 5.67. The van der Waals surface area contributed by atoms with Crippen molar-refractivity contribution in [3.63, 3.8) is 0 Å². The monoisotopic (exact) mass is 234 g/mol. The Hall–Kier alpha value is -0.690. The molecule has 0 aromatic heterocycles. The molecule has 0 saturated carbocycles. The van der Waals surface area contributed by atoms with Crippen molar-refractivity contribution in [1.82, 2.24) is 0 Å². The lowest BCUT2D eigenvalue weighted by atomic mass is 10.0. The third-order valence-electron chi connectivity index (χ3n) is 2.52. The number of rotatable bonds is 4. The van der Waals surface area contributed by atoms with Gasteiger partial charge in [0.05, 0.1) is 24.7 Å². The van der Waals surface area contributed by atoms with Gasteiger partial charge in [0.1, 0.15) is 6.10 Å². The van der Waals surface area contributed by atoms with E-state index < -0.39 is 36.7 Å². The maximum absolute atomic E-state index is 10.4. The maximum atomic E-state index is 10.4. The minimum Gasteiger partial charge on any atom is -0.481 e. The van der Waals surface area contributed by atoms with Crippen LogP contribution < -0.4 is 0 Å². The topological polar surface area (TPSA) is 96.2 Å². The number of hydrogen-bond donors (Lipinski definition) is 3. The Morgan fingerprint density at radius 1 is 1.50 bits per heavy atom. The van der Waals surface area contributed by atoms with Crippen LogP contribution in [0.2, 0.25) is 0 Å². The average Bonchev–Trinajstić information content (AvgIpc) is 2.12. The second-order valence-corrected chi connectivity index (χ2v) is 4.12. The van der Waals surface area contributed by atoms with E-state index in [1.807, 2.05) is 0 Å². The van der Waals surface area contributed by atoms with E-state index in [2.05, 4.69) is 0 Å². The second kappa shape index (κ2) is 5.58. The predicted octanol–water partition coefficient (Wildman–Crippen LogP) is -0.277. The Morgan fingerprint density at radius 3 is 2.69 bits per heavy atom. The van der Waals surface area contributed by atoms with Gasteiger partial charge in [-0.2, -0.15) is 0 Å². The molecule has 6 nitrogen and oxygen atoms in total. The Kier molecular flexibility index (Phi) is 4.67. The van der Waals surface area contributed by atoms with Gasteiger partial charge in [-0.3, -0.25) is 4.79 Å². The number of aliphatic hydroxyl groups excluding tert-OH is 2. The van der Waals surface area contributed by atoms with E-state index in [1.54, 1.807) is 13.8 Å². The van der Waals surface area contributed by atoms with Gasteiger partial charge in [-0.25, -0.2) is 0 Å². The van der Waals surface area contributed by atoms with Crippen molar-refractivity contribution in [2.45, 2.75) is 57.4 Å². The van der Waals surface area contributed by atoms with Crippen molar-refractivity contribution < 1.29 is 29.6 Å². The molecule has 0 radical (unpaired) electrons. The van der Waals surface area contributed by atoms with Crippen LogP contribution in [0.5, 0.6) is 0 Å². The molecule has 0 spiro atoms. The molecule has 1 fully saturated rings. The van der Waals surface area contributed by atoms with Crippen LogP contribution in [0.3, 0.4) is 0 Å². The predicted molar refractivity (Wildman–Crippen MR) is 53.8 cm³/mol. The Morgan fingerprint density at radius 2 is 2.12 bits per heavy atom. The fourth-order valence-corrected chi connectivity index (χ4v) is 1.59. The van der Waals surface area contributed by atoms with Gasteiger partial charge >= 0.3 is 5.97 Å². The van der Waals surface area contributed by atoms with Crippen LogP contribution in [0.4, 0.5) is 0 Å². The molecule has 1 heterocycles. The third-order valence-corrected chi connectivity index (χ3v) is 2.52. The summed E-state index contributed by atoms with van der Waals surface area (Å²) in [5.74, 6) is -0.967. The van der Waals surface area contributed by atoms with Gasteiger partial charge in [0.2, 0.25) is 0 Å². The first-order valence-corrected chi connectivity index (χ1v) is 5.29. The summed E-state index contributed by atoms with van der Waals surface area (Å²) >= 11 is 0. The van der Waals surface area contributed by atoms with Crippen LogP contribution >= 0.6 is 0 Å². The molecule has 5 unspecified atom stereocenters. The summed E-state index contributed by atoms with van der Waals surface area (Å²) in [5, 5.41) is 27.5. The molecular formula is C10H18O6. The zero-order chi connectivity index (χ0) is 12.3. The fourth-order valence-electron chi connectivity index (χ4n) is 1.59. The normalized spacial score (nSPS) is 37.0. The summed E-state index contributed by atoms with van der Waals surface area (Å²) in [6, 6.07) is 0. The highest BCUT2D eigenvalue weighted by Crippen LogP contribution is 2.22. The Labute approximate surface area is 93.8 Å². The van der Waals surface area contributed by atoms with Gasteiger partial charge in [0.15, 0.2) is 6.29 Å². The van der Waals surface area contributed by atoms with Crippen molar-refractivity contribution >= 4 is 5.97 Å². The van der Waals surface area contributed by atoms with Gasteiger partial charge in [-0.05, 0) is 13.8 Å². The molecule has 3 N–H and O–H groups in total. The van der Waals surface area contributed by atoms with E-state index >= 15 is 0 Å². The molecule has 5 atom stereocenters. The first-order valence-electron chi connectivity index (χ1n) is 5.29. The highest BCUT2D eigenvalue weighted by atomic mass is 16.7. The van der Waals surface area contributed by atoms with Crippen molar-refractivity contribution in [2.24, 2.45) is 0 Å². The van der Waals surface area contributed by atoms with Crippen LogP contribution in [0, 0.1) is 0 Å². The molecule has 1 saturated heterocycles. The van der Waals surface area contributed by atoms with Crippen LogP contribution in [-0.2, 0) is 14.3 Å². The number of carboxylic acids is 1. The molecule has 0 aromatic rings. The van der Waals surface area contributed by atoms with Crippen molar-refractivity contribution in [3.8, 4) is 0 Å². The Balaban J connectivity index is 2.44. The SMILES string of the molecule is CC(CC(=O)O)OC1OC(C)C(O)CC1O. The lowest BCUT2D eigenvalue weighted by Crippen LogP contribution is -2.48. The number of carbonyl (C=O) groups is 1. The van der Waals surface area contributed by atoms with Crippen molar-refractivity contribution in [3.05, 3.63) is 0 Å². The van der Waals surface area contributed by atoms with E-state index in [-0.39, 0.29) is 12.8 Å². The lowest BCUT2D eigenvalue weighted by Gasteiger charge is -2.36. The molecule has 0 aromatic carbocycles. The minimum absolute atomic E-state index is 0.149. The molecule has 0 bridgehead atoms. The first kappa shape index (κ1) is 13.4.